The topological polar surface area (TPSA) is 75.1 Å². The third kappa shape index (κ3) is 5.08. The standard InChI is InChI=1S/C25H23ClF3N3O2/c26-20-19(25(27,28)29)9-13-31-21(20)23(33)32-22(24(34)10-2-1-3-11-24)17-7-4-6-16(14-17)18-8-5-12-30-15-18/h4-9,12-15,22,34H,1-3,10-11H2,(H,32,33). The van der Waals surface area contributed by atoms with Gasteiger partial charge in [-0.3, -0.25) is 9.78 Å². The van der Waals surface area contributed by atoms with Crippen LogP contribution >= 0.6 is 11.6 Å². The Morgan fingerprint density at radius 2 is 1.79 bits per heavy atom. The maximum atomic E-state index is 13.3. The Bertz CT molecular complexity index is 1170. The van der Waals surface area contributed by atoms with Crippen LogP contribution in [0.25, 0.3) is 11.1 Å². The fourth-order valence-corrected chi connectivity index (χ4v) is 4.74. The molecule has 1 fully saturated rings. The first-order valence-electron chi connectivity index (χ1n) is 10.9. The van der Waals surface area contributed by atoms with Crippen molar-refractivity contribution in [2.45, 2.75) is 49.9 Å². The van der Waals surface area contributed by atoms with E-state index < -0.39 is 40.0 Å². The molecule has 1 amide bonds. The molecule has 0 saturated heterocycles. The second kappa shape index (κ2) is 9.72. The first kappa shape index (κ1) is 24.2. The summed E-state index contributed by atoms with van der Waals surface area (Å²) in [5.74, 6) is -0.883. The molecule has 1 saturated carbocycles. The van der Waals surface area contributed by atoms with Gasteiger partial charge in [0.25, 0.3) is 5.91 Å². The summed E-state index contributed by atoms with van der Waals surface area (Å²) in [6, 6.07) is 10.9. The maximum Gasteiger partial charge on any atom is 0.417 e. The van der Waals surface area contributed by atoms with E-state index in [0.29, 0.717) is 18.4 Å². The van der Waals surface area contributed by atoms with Crippen molar-refractivity contribution < 1.29 is 23.1 Å². The highest BCUT2D eigenvalue weighted by atomic mass is 35.5. The van der Waals surface area contributed by atoms with Gasteiger partial charge in [-0.15, -0.1) is 0 Å². The van der Waals surface area contributed by atoms with Gasteiger partial charge in [-0.25, -0.2) is 4.98 Å². The van der Waals surface area contributed by atoms with Crippen LogP contribution in [0.4, 0.5) is 13.2 Å². The van der Waals surface area contributed by atoms with Gasteiger partial charge in [0.15, 0.2) is 0 Å². The van der Waals surface area contributed by atoms with E-state index in [1.54, 1.807) is 30.6 Å². The summed E-state index contributed by atoms with van der Waals surface area (Å²) in [6.07, 6.45) is 2.92. The summed E-state index contributed by atoms with van der Waals surface area (Å²) < 4.78 is 39.9. The highest BCUT2D eigenvalue weighted by molar-refractivity contribution is 6.34. The SMILES string of the molecule is O=C(NC(c1cccc(-c2cccnc2)c1)C1(O)CCCCC1)c1nccc(C(F)(F)F)c1Cl. The van der Waals surface area contributed by atoms with E-state index in [4.69, 9.17) is 11.6 Å². The zero-order valence-electron chi connectivity index (χ0n) is 18.1. The molecule has 0 spiro atoms. The van der Waals surface area contributed by atoms with E-state index in [0.717, 1.165) is 42.7 Å². The molecule has 2 aromatic heterocycles. The smallest absolute Gasteiger partial charge is 0.387 e. The molecule has 4 rings (SSSR count). The average Bonchev–Trinajstić information content (AvgIpc) is 2.83. The lowest BCUT2D eigenvalue weighted by molar-refractivity contribution is -0.137. The van der Waals surface area contributed by atoms with Crippen molar-refractivity contribution >= 4 is 17.5 Å². The number of hydrogen-bond acceptors (Lipinski definition) is 4. The number of nitrogens with one attached hydrogen (secondary N) is 1. The van der Waals surface area contributed by atoms with E-state index in [1.165, 1.54) is 0 Å². The molecule has 9 heteroatoms. The second-order valence-corrected chi connectivity index (χ2v) is 8.83. The molecular weight excluding hydrogens is 467 g/mol. The Labute approximate surface area is 200 Å². The summed E-state index contributed by atoms with van der Waals surface area (Å²) in [5.41, 5.74) is -0.630. The van der Waals surface area contributed by atoms with Gasteiger partial charge in [0.2, 0.25) is 0 Å². The number of rotatable bonds is 5. The number of nitrogens with zero attached hydrogens (tertiary/aromatic N) is 2. The molecular formula is C25H23ClF3N3O2. The fourth-order valence-electron chi connectivity index (χ4n) is 4.43. The number of aromatic nitrogens is 2. The molecule has 34 heavy (non-hydrogen) atoms. The summed E-state index contributed by atoms with van der Waals surface area (Å²) in [6.45, 7) is 0. The molecule has 5 nitrogen and oxygen atoms in total. The van der Waals surface area contributed by atoms with Gasteiger partial charge >= 0.3 is 6.18 Å². The zero-order chi connectivity index (χ0) is 24.3. The number of hydrogen-bond donors (Lipinski definition) is 2. The average molecular weight is 490 g/mol. The zero-order valence-corrected chi connectivity index (χ0v) is 18.9. The molecule has 0 radical (unpaired) electrons. The van der Waals surface area contributed by atoms with Gasteiger partial charge in [-0.1, -0.05) is 55.1 Å². The number of alkyl halides is 3. The maximum absolute atomic E-state index is 13.3. The fraction of sp³-hybridized carbons (Fsp3) is 0.320. The highest BCUT2D eigenvalue weighted by Gasteiger charge is 2.41. The van der Waals surface area contributed by atoms with Gasteiger partial charge in [0.05, 0.1) is 22.2 Å². The molecule has 178 valence electrons. The second-order valence-electron chi connectivity index (χ2n) is 8.46. The molecule has 2 N–H and O–H groups in total. The summed E-state index contributed by atoms with van der Waals surface area (Å²) in [7, 11) is 0. The number of carbonyl (C=O) groups is 1. The van der Waals surface area contributed by atoms with Crippen molar-refractivity contribution in [3.63, 3.8) is 0 Å². The minimum atomic E-state index is -4.73. The van der Waals surface area contributed by atoms with Crippen LogP contribution in [0, 0.1) is 0 Å². The molecule has 1 aliphatic carbocycles. The number of carbonyl (C=O) groups excluding carboxylic acids is 1. The Hall–Kier alpha value is -2.97. The first-order chi connectivity index (χ1) is 16.2. The minimum absolute atomic E-state index is 0.443. The lowest BCUT2D eigenvalue weighted by Crippen LogP contribution is -2.47. The van der Waals surface area contributed by atoms with Gasteiger partial charge < -0.3 is 10.4 Å². The predicted octanol–water partition coefficient (Wildman–Crippen LogP) is 5.98. The normalized spacial score (nSPS) is 16.6. The third-order valence-electron chi connectivity index (χ3n) is 6.16. The van der Waals surface area contributed by atoms with Crippen LogP contribution < -0.4 is 5.32 Å². The summed E-state index contributed by atoms with van der Waals surface area (Å²) in [4.78, 5) is 21.1. The lowest BCUT2D eigenvalue weighted by Gasteiger charge is -2.40. The Morgan fingerprint density at radius 3 is 2.47 bits per heavy atom. The number of benzene rings is 1. The number of amides is 1. The molecule has 3 aromatic rings. The van der Waals surface area contributed by atoms with Crippen molar-refractivity contribution in [3.05, 3.63) is 82.9 Å². The van der Waals surface area contributed by atoms with Gasteiger partial charge in [0, 0.05) is 18.6 Å². The largest absolute Gasteiger partial charge is 0.417 e. The van der Waals surface area contributed by atoms with E-state index in [2.05, 4.69) is 15.3 Å². The van der Waals surface area contributed by atoms with Crippen LogP contribution in [0.15, 0.2) is 61.1 Å². The third-order valence-corrected chi connectivity index (χ3v) is 6.54. The number of pyridine rings is 2. The van der Waals surface area contributed by atoms with Gasteiger partial charge in [0.1, 0.15) is 5.69 Å². The van der Waals surface area contributed by atoms with Crippen LogP contribution in [-0.2, 0) is 6.18 Å². The van der Waals surface area contributed by atoms with Crippen LogP contribution in [0.2, 0.25) is 5.02 Å². The highest BCUT2D eigenvalue weighted by Crippen LogP contribution is 2.40. The van der Waals surface area contributed by atoms with Crippen molar-refractivity contribution in [1.82, 2.24) is 15.3 Å². The monoisotopic (exact) mass is 489 g/mol. The number of aliphatic hydroxyl groups is 1. The molecule has 1 unspecified atom stereocenters. The van der Waals surface area contributed by atoms with E-state index in [1.807, 2.05) is 18.2 Å². The first-order valence-corrected chi connectivity index (χ1v) is 11.3. The van der Waals surface area contributed by atoms with E-state index in [-0.39, 0.29) is 0 Å². The molecule has 2 heterocycles. The van der Waals surface area contributed by atoms with E-state index >= 15 is 0 Å². The minimum Gasteiger partial charge on any atom is -0.387 e. The quantitative estimate of drug-likeness (QED) is 0.462. The van der Waals surface area contributed by atoms with Crippen LogP contribution in [0.5, 0.6) is 0 Å². The lowest BCUT2D eigenvalue weighted by atomic mass is 9.76. The van der Waals surface area contributed by atoms with Crippen molar-refractivity contribution in [2.24, 2.45) is 0 Å². The van der Waals surface area contributed by atoms with Crippen molar-refractivity contribution in [3.8, 4) is 11.1 Å². The molecule has 0 bridgehead atoms. The Morgan fingerprint density at radius 1 is 1.06 bits per heavy atom. The molecule has 0 aliphatic heterocycles. The van der Waals surface area contributed by atoms with Gasteiger partial charge in [-0.05, 0) is 47.7 Å². The Kier molecular flexibility index (Phi) is 6.91. The van der Waals surface area contributed by atoms with Gasteiger partial charge in [-0.2, -0.15) is 13.2 Å². The summed E-state index contributed by atoms with van der Waals surface area (Å²) >= 11 is 5.93. The van der Waals surface area contributed by atoms with Crippen LogP contribution in [0.3, 0.4) is 0 Å². The molecule has 1 aliphatic rings. The molecule has 1 aromatic carbocycles. The Balaban J connectivity index is 1.72. The van der Waals surface area contributed by atoms with Crippen molar-refractivity contribution in [1.29, 1.82) is 0 Å². The van der Waals surface area contributed by atoms with E-state index in [9.17, 15) is 23.1 Å². The summed E-state index contributed by atoms with van der Waals surface area (Å²) in [5, 5.41) is 13.5. The van der Waals surface area contributed by atoms with Crippen molar-refractivity contribution in [2.75, 3.05) is 0 Å². The molecule has 1 atom stereocenters. The number of halogens is 4. The predicted molar refractivity (Wildman–Crippen MR) is 122 cm³/mol. The van der Waals surface area contributed by atoms with Crippen LogP contribution in [0.1, 0.15) is 59.8 Å². The van der Waals surface area contributed by atoms with Crippen LogP contribution in [-0.4, -0.2) is 26.6 Å².